The maximum absolute atomic E-state index is 11.3. The average Bonchev–Trinajstić information content (AvgIpc) is 2.04. The molecule has 2 atom stereocenters. The quantitative estimate of drug-likeness (QED) is 0.432. The summed E-state index contributed by atoms with van der Waals surface area (Å²) in [5, 5.41) is 17.7. The number of rotatable bonds is 4. The molecule has 3 N–H and O–H groups in total. The summed E-state index contributed by atoms with van der Waals surface area (Å²) in [6.45, 7) is 6.06. The number of aliphatic hydroxyl groups is 1. The minimum absolute atomic E-state index is 0.583. The second kappa shape index (κ2) is 4.55. The highest BCUT2D eigenvalue weighted by Gasteiger charge is 2.30. The SMILES string of the molecule is CC(O)C(C)OC(=O)C(C)(C)NO. The van der Waals surface area contributed by atoms with Crippen LogP contribution in [0.1, 0.15) is 27.7 Å². The van der Waals surface area contributed by atoms with E-state index in [1.54, 1.807) is 6.92 Å². The maximum Gasteiger partial charge on any atom is 0.328 e. The number of hydroxylamine groups is 1. The number of carbonyl (C=O) groups is 1. The lowest BCUT2D eigenvalue weighted by molar-refractivity contribution is -0.164. The molecule has 0 saturated heterocycles. The minimum atomic E-state index is -1.15. The van der Waals surface area contributed by atoms with Crippen molar-refractivity contribution in [3.63, 3.8) is 0 Å². The molecule has 0 aliphatic carbocycles. The van der Waals surface area contributed by atoms with Crippen LogP contribution in [0.15, 0.2) is 0 Å². The minimum Gasteiger partial charge on any atom is -0.459 e. The van der Waals surface area contributed by atoms with Crippen molar-refractivity contribution in [3.8, 4) is 0 Å². The highest BCUT2D eigenvalue weighted by molar-refractivity contribution is 5.79. The predicted molar refractivity (Wildman–Crippen MR) is 46.2 cm³/mol. The third kappa shape index (κ3) is 3.71. The summed E-state index contributed by atoms with van der Waals surface area (Å²) in [4.78, 5) is 11.3. The maximum atomic E-state index is 11.3. The normalized spacial score (nSPS) is 16.5. The Morgan fingerprint density at radius 3 is 2.23 bits per heavy atom. The monoisotopic (exact) mass is 191 g/mol. The molecule has 5 nitrogen and oxygen atoms in total. The van der Waals surface area contributed by atoms with Gasteiger partial charge in [0.15, 0.2) is 0 Å². The number of ether oxygens (including phenoxy) is 1. The molecule has 0 fully saturated rings. The zero-order valence-corrected chi connectivity index (χ0v) is 8.37. The van der Waals surface area contributed by atoms with Crippen LogP contribution in [0.25, 0.3) is 0 Å². The lowest BCUT2D eigenvalue weighted by Crippen LogP contribution is -2.47. The number of esters is 1. The van der Waals surface area contributed by atoms with Crippen molar-refractivity contribution in [1.29, 1.82) is 0 Å². The number of aliphatic hydroxyl groups excluding tert-OH is 1. The van der Waals surface area contributed by atoms with Crippen molar-refractivity contribution >= 4 is 5.97 Å². The molecule has 0 aromatic heterocycles. The standard InChI is InChI=1S/C8H17NO4/c1-5(10)6(2)13-7(11)8(3,4)9-12/h5-6,9-10,12H,1-4H3. The first-order valence-corrected chi connectivity index (χ1v) is 4.11. The molecule has 0 heterocycles. The summed E-state index contributed by atoms with van der Waals surface area (Å²) >= 11 is 0. The molecule has 78 valence electrons. The van der Waals surface area contributed by atoms with Crippen molar-refractivity contribution < 1.29 is 19.8 Å². The van der Waals surface area contributed by atoms with E-state index in [2.05, 4.69) is 0 Å². The summed E-state index contributed by atoms with van der Waals surface area (Å²) < 4.78 is 4.86. The topological polar surface area (TPSA) is 78.8 Å². The molecule has 0 spiro atoms. The molecule has 0 aliphatic heterocycles. The van der Waals surface area contributed by atoms with E-state index in [0.717, 1.165) is 0 Å². The van der Waals surface area contributed by atoms with Crippen LogP contribution in [0.5, 0.6) is 0 Å². The van der Waals surface area contributed by atoms with Crippen LogP contribution < -0.4 is 5.48 Å². The molecule has 0 aromatic carbocycles. The molecule has 0 bridgehead atoms. The number of nitrogens with one attached hydrogen (secondary N) is 1. The first-order chi connectivity index (χ1) is 5.81. The summed E-state index contributed by atoms with van der Waals surface area (Å²) in [7, 11) is 0. The van der Waals surface area contributed by atoms with E-state index < -0.39 is 23.7 Å². The van der Waals surface area contributed by atoms with Gasteiger partial charge >= 0.3 is 5.97 Å². The van der Waals surface area contributed by atoms with E-state index in [4.69, 9.17) is 15.1 Å². The van der Waals surface area contributed by atoms with Gasteiger partial charge in [-0.25, -0.2) is 4.79 Å². The Bertz CT molecular complexity index is 179. The molecule has 0 aliphatic rings. The predicted octanol–water partition coefficient (Wildman–Crippen LogP) is 0.0563. The Kier molecular flexibility index (Phi) is 4.32. The summed E-state index contributed by atoms with van der Waals surface area (Å²) in [6, 6.07) is 0. The second-order valence-electron chi connectivity index (χ2n) is 3.59. The molecule has 0 aromatic rings. The Hall–Kier alpha value is -0.650. The summed E-state index contributed by atoms with van der Waals surface area (Å²) in [5.74, 6) is -0.608. The molecule has 0 radical (unpaired) electrons. The number of carbonyl (C=O) groups excluding carboxylic acids is 1. The van der Waals surface area contributed by atoms with E-state index in [1.807, 2.05) is 5.48 Å². The van der Waals surface area contributed by atoms with E-state index in [0.29, 0.717) is 0 Å². The van der Waals surface area contributed by atoms with Crippen molar-refractivity contribution in [2.45, 2.75) is 45.4 Å². The van der Waals surface area contributed by atoms with Crippen LogP contribution in [-0.4, -0.2) is 34.0 Å². The number of hydrogen-bond acceptors (Lipinski definition) is 5. The molecule has 0 amide bonds. The highest BCUT2D eigenvalue weighted by Crippen LogP contribution is 2.07. The molecule has 13 heavy (non-hydrogen) atoms. The van der Waals surface area contributed by atoms with Gasteiger partial charge < -0.3 is 15.1 Å². The van der Waals surface area contributed by atoms with Gasteiger partial charge in [-0.15, -0.1) is 0 Å². The molecular formula is C8H17NO4. The fraction of sp³-hybridized carbons (Fsp3) is 0.875. The van der Waals surface area contributed by atoms with Gasteiger partial charge in [-0.3, -0.25) is 0 Å². The van der Waals surface area contributed by atoms with Crippen molar-refractivity contribution in [1.82, 2.24) is 5.48 Å². The fourth-order valence-corrected chi connectivity index (χ4v) is 0.460. The second-order valence-corrected chi connectivity index (χ2v) is 3.59. The van der Waals surface area contributed by atoms with Gasteiger partial charge in [-0.05, 0) is 27.7 Å². The van der Waals surface area contributed by atoms with Gasteiger partial charge in [-0.1, -0.05) is 0 Å². The molecule has 0 rings (SSSR count). The van der Waals surface area contributed by atoms with Crippen LogP contribution in [0.3, 0.4) is 0 Å². The van der Waals surface area contributed by atoms with E-state index >= 15 is 0 Å². The lowest BCUT2D eigenvalue weighted by atomic mass is 10.1. The third-order valence-corrected chi connectivity index (χ3v) is 1.76. The van der Waals surface area contributed by atoms with Gasteiger partial charge in [0.25, 0.3) is 0 Å². The first kappa shape index (κ1) is 12.3. The van der Waals surface area contributed by atoms with Crippen molar-refractivity contribution in [3.05, 3.63) is 0 Å². The van der Waals surface area contributed by atoms with Crippen LogP contribution in [0, 0.1) is 0 Å². The van der Waals surface area contributed by atoms with Gasteiger partial charge in [0.2, 0.25) is 0 Å². The largest absolute Gasteiger partial charge is 0.459 e. The zero-order chi connectivity index (χ0) is 10.6. The summed E-state index contributed by atoms with van der Waals surface area (Å²) in [6.07, 6.45) is -1.31. The van der Waals surface area contributed by atoms with Gasteiger partial charge in [-0.2, -0.15) is 5.48 Å². The Morgan fingerprint density at radius 1 is 1.46 bits per heavy atom. The van der Waals surface area contributed by atoms with Crippen LogP contribution in [0.2, 0.25) is 0 Å². The summed E-state index contributed by atoms with van der Waals surface area (Å²) in [5.41, 5.74) is 0.680. The van der Waals surface area contributed by atoms with E-state index in [1.165, 1.54) is 20.8 Å². The molecular weight excluding hydrogens is 174 g/mol. The highest BCUT2D eigenvalue weighted by atomic mass is 16.6. The van der Waals surface area contributed by atoms with Crippen LogP contribution in [-0.2, 0) is 9.53 Å². The molecule has 0 saturated carbocycles. The van der Waals surface area contributed by atoms with E-state index in [-0.39, 0.29) is 0 Å². The van der Waals surface area contributed by atoms with Crippen LogP contribution >= 0.6 is 0 Å². The average molecular weight is 191 g/mol. The van der Waals surface area contributed by atoms with Crippen molar-refractivity contribution in [2.24, 2.45) is 0 Å². The fourth-order valence-electron chi connectivity index (χ4n) is 0.460. The van der Waals surface area contributed by atoms with Gasteiger partial charge in [0.05, 0.1) is 6.10 Å². The smallest absolute Gasteiger partial charge is 0.328 e. The van der Waals surface area contributed by atoms with Crippen molar-refractivity contribution in [2.75, 3.05) is 0 Å². The van der Waals surface area contributed by atoms with Crippen LogP contribution in [0.4, 0.5) is 0 Å². The first-order valence-electron chi connectivity index (χ1n) is 4.11. The Labute approximate surface area is 77.7 Å². The zero-order valence-electron chi connectivity index (χ0n) is 8.37. The Morgan fingerprint density at radius 2 is 1.92 bits per heavy atom. The third-order valence-electron chi connectivity index (χ3n) is 1.76. The van der Waals surface area contributed by atoms with Gasteiger partial charge in [0, 0.05) is 0 Å². The van der Waals surface area contributed by atoms with E-state index in [9.17, 15) is 4.79 Å². The molecule has 2 unspecified atom stereocenters. The lowest BCUT2D eigenvalue weighted by Gasteiger charge is -2.24. The Balaban J connectivity index is 4.15. The number of hydrogen-bond donors (Lipinski definition) is 3. The van der Waals surface area contributed by atoms with Gasteiger partial charge in [0.1, 0.15) is 11.6 Å². The molecule has 5 heteroatoms.